The number of hydrogen-bond donors (Lipinski definition) is 2. The second-order valence-corrected chi connectivity index (χ2v) is 5.27. The van der Waals surface area contributed by atoms with E-state index in [1.165, 1.54) is 6.21 Å². The smallest absolute Gasteiger partial charge is 0.251 e. The molecule has 0 spiro atoms. The molecule has 0 saturated carbocycles. The normalized spacial score (nSPS) is 10.4. The van der Waals surface area contributed by atoms with Gasteiger partial charge in [-0.25, -0.2) is 5.43 Å². The average Bonchev–Trinajstić information content (AvgIpc) is 2.68. The van der Waals surface area contributed by atoms with Gasteiger partial charge in [-0.2, -0.15) is 5.10 Å². The van der Waals surface area contributed by atoms with Gasteiger partial charge in [0.05, 0.1) is 20.4 Å². The summed E-state index contributed by atoms with van der Waals surface area (Å²) in [7, 11) is 3.13. The number of hydrazone groups is 1. The molecular formula is C19H21N3O4. The minimum atomic E-state index is -0.300. The first-order valence-corrected chi connectivity index (χ1v) is 8.01. The number of amides is 2. The third kappa shape index (κ3) is 5.62. The van der Waals surface area contributed by atoms with E-state index < -0.39 is 0 Å². The van der Waals surface area contributed by atoms with Crippen LogP contribution in [0.4, 0.5) is 0 Å². The van der Waals surface area contributed by atoms with Gasteiger partial charge in [-0.05, 0) is 36.4 Å². The van der Waals surface area contributed by atoms with E-state index in [1.807, 2.05) is 18.2 Å². The van der Waals surface area contributed by atoms with E-state index in [4.69, 9.17) is 9.47 Å². The molecule has 0 aliphatic carbocycles. The summed E-state index contributed by atoms with van der Waals surface area (Å²) in [5.74, 6) is 0.787. The van der Waals surface area contributed by atoms with Gasteiger partial charge in [0.25, 0.3) is 5.91 Å². The number of benzene rings is 2. The molecule has 2 rings (SSSR count). The molecule has 0 unspecified atom stereocenters. The molecule has 7 heteroatoms. The maximum atomic E-state index is 12.0. The second kappa shape index (κ2) is 9.83. The first-order chi connectivity index (χ1) is 12.6. The quantitative estimate of drug-likeness (QED) is 0.560. The first kappa shape index (κ1) is 19.0. The standard InChI is InChI=1S/C19H21N3O4/c1-25-16-9-7-14(8-10-16)19(24)20-12-11-18(23)22-21-13-15-5-3-4-6-17(15)26-2/h3-10,13H,11-12H2,1-2H3,(H,20,24)(H,22,23). The lowest BCUT2D eigenvalue weighted by Gasteiger charge is -2.06. The molecule has 0 aliphatic heterocycles. The molecule has 2 aromatic carbocycles. The van der Waals surface area contributed by atoms with Gasteiger partial charge < -0.3 is 14.8 Å². The largest absolute Gasteiger partial charge is 0.497 e. The van der Waals surface area contributed by atoms with Crippen molar-refractivity contribution >= 4 is 18.0 Å². The Morgan fingerprint density at radius 1 is 1.04 bits per heavy atom. The molecule has 0 heterocycles. The van der Waals surface area contributed by atoms with Crippen molar-refractivity contribution in [2.45, 2.75) is 6.42 Å². The Kier molecular flexibility index (Phi) is 7.17. The topological polar surface area (TPSA) is 89.0 Å². The van der Waals surface area contributed by atoms with Crippen LogP contribution < -0.4 is 20.2 Å². The van der Waals surface area contributed by atoms with Gasteiger partial charge in [0.15, 0.2) is 0 Å². The summed E-state index contributed by atoms with van der Waals surface area (Å²) in [6.07, 6.45) is 1.62. The highest BCUT2D eigenvalue weighted by Gasteiger charge is 2.06. The van der Waals surface area contributed by atoms with E-state index in [9.17, 15) is 9.59 Å². The Hall–Kier alpha value is -3.35. The van der Waals surface area contributed by atoms with E-state index in [-0.39, 0.29) is 24.8 Å². The maximum absolute atomic E-state index is 12.0. The summed E-state index contributed by atoms with van der Waals surface area (Å²) in [6, 6.07) is 14.0. The minimum Gasteiger partial charge on any atom is -0.497 e. The summed E-state index contributed by atoms with van der Waals surface area (Å²) in [5.41, 5.74) is 3.67. The van der Waals surface area contributed by atoms with Gasteiger partial charge in [-0.15, -0.1) is 0 Å². The molecule has 0 radical (unpaired) electrons. The van der Waals surface area contributed by atoms with Crippen molar-refractivity contribution in [2.75, 3.05) is 20.8 Å². The van der Waals surface area contributed by atoms with Crippen molar-refractivity contribution in [1.29, 1.82) is 0 Å². The van der Waals surface area contributed by atoms with Crippen LogP contribution in [0.15, 0.2) is 53.6 Å². The highest BCUT2D eigenvalue weighted by atomic mass is 16.5. The number of nitrogens with zero attached hydrogens (tertiary/aromatic N) is 1. The number of ether oxygens (including phenoxy) is 2. The van der Waals surface area contributed by atoms with Gasteiger partial charge in [-0.3, -0.25) is 9.59 Å². The van der Waals surface area contributed by atoms with Gasteiger partial charge in [-0.1, -0.05) is 12.1 Å². The number of methoxy groups -OCH3 is 2. The summed E-state index contributed by atoms with van der Waals surface area (Å²) >= 11 is 0. The third-order valence-corrected chi connectivity index (χ3v) is 3.52. The number of nitrogens with one attached hydrogen (secondary N) is 2. The molecule has 2 aromatic rings. The molecule has 0 aromatic heterocycles. The Morgan fingerprint density at radius 2 is 1.77 bits per heavy atom. The van der Waals surface area contributed by atoms with Gasteiger partial charge in [0, 0.05) is 24.1 Å². The van der Waals surface area contributed by atoms with Gasteiger partial charge in [0.2, 0.25) is 5.91 Å². The van der Waals surface area contributed by atoms with Crippen molar-refractivity contribution < 1.29 is 19.1 Å². The zero-order valence-electron chi connectivity index (χ0n) is 14.7. The Morgan fingerprint density at radius 3 is 2.46 bits per heavy atom. The Balaban J connectivity index is 1.74. The monoisotopic (exact) mass is 355 g/mol. The molecule has 0 aliphatic rings. The summed E-state index contributed by atoms with van der Waals surface area (Å²) < 4.78 is 10.2. The molecule has 2 amide bonds. The number of carbonyl (C=O) groups excluding carboxylic acids is 2. The lowest BCUT2D eigenvalue weighted by atomic mass is 10.2. The van der Waals surface area contributed by atoms with Crippen LogP contribution in [0.3, 0.4) is 0 Å². The van der Waals surface area contributed by atoms with Crippen LogP contribution in [0.1, 0.15) is 22.3 Å². The SMILES string of the molecule is COc1ccc(C(=O)NCCC(=O)NN=Cc2ccccc2OC)cc1. The molecule has 0 atom stereocenters. The highest BCUT2D eigenvalue weighted by Crippen LogP contribution is 2.14. The van der Waals surface area contributed by atoms with Crippen molar-refractivity contribution in [3.05, 3.63) is 59.7 Å². The highest BCUT2D eigenvalue weighted by molar-refractivity contribution is 5.94. The fourth-order valence-electron chi connectivity index (χ4n) is 2.14. The van der Waals surface area contributed by atoms with Crippen molar-refractivity contribution in [3.63, 3.8) is 0 Å². The Bertz CT molecular complexity index is 773. The number of hydrogen-bond acceptors (Lipinski definition) is 5. The molecule has 0 saturated heterocycles. The van der Waals surface area contributed by atoms with Crippen molar-refractivity contribution in [1.82, 2.24) is 10.7 Å². The van der Waals surface area contributed by atoms with Crippen LogP contribution in [-0.4, -0.2) is 38.8 Å². The van der Waals surface area contributed by atoms with E-state index in [0.29, 0.717) is 17.1 Å². The fourth-order valence-corrected chi connectivity index (χ4v) is 2.14. The van der Waals surface area contributed by atoms with E-state index >= 15 is 0 Å². The molecule has 136 valence electrons. The maximum Gasteiger partial charge on any atom is 0.251 e. The van der Waals surface area contributed by atoms with Gasteiger partial charge in [0.1, 0.15) is 11.5 Å². The fraction of sp³-hybridized carbons (Fsp3) is 0.211. The summed E-state index contributed by atoms with van der Waals surface area (Å²) in [5, 5.41) is 6.58. The molecule has 2 N–H and O–H groups in total. The van der Waals surface area contributed by atoms with Crippen molar-refractivity contribution in [3.8, 4) is 11.5 Å². The zero-order chi connectivity index (χ0) is 18.8. The predicted octanol–water partition coefficient (Wildman–Crippen LogP) is 1.97. The third-order valence-electron chi connectivity index (χ3n) is 3.52. The predicted molar refractivity (Wildman–Crippen MR) is 98.7 cm³/mol. The number of para-hydroxylation sites is 1. The molecular weight excluding hydrogens is 334 g/mol. The Labute approximate surface area is 152 Å². The van der Waals surface area contributed by atoms with Crippen LogP contribution in [0.5, 0.6) is 11.5 Å². The van der Waals surface area contributed by atoms with Gasteiger partial charge >= 0.3 is 0 Å². The lowest BCUT2D eigenvalue weighted by molar-refractivity contribution is -0.120. The zero-order valence-corrected chi connectivity index (χ0v) is 14.7. The molecule has 7 nitrogen and oxygen atoms in total. The van der Waals surface area contributed by atoms with E-state index in [0.717, 1.165) is 5.56 Å². The summed E-state index contributed by atoms with van der Waals surface area (Å²) in [4.78, 5) is 23.7. The molecule has 0 bridgehead atoms. The minimum absolute atomic E-state index is 0.116. The van der Waals surface area contributed by atoms with Crippen LogP contribution in [-0.2, 0) is 4.79 Å². The first-order valence-electron chi connectivity index (χ1n) is 8.01. The average molecular weight is 355 g/mol. The number of carbonyl (C=O) groups is 2. The molecule has 0 fully saturated rings. The molecule has 26 heavy (non-hydrogen) atoms. The summed E-state index contributed by atoms with van der Waals surface area (Å²) in [6.45, 7) is 0.209. The van der Waals surface area contributed by atoms with Crippen LogP contribution in [0.2, 0.25) is 0 Å². The van der Waals surface area contributed by atoms with Crippen LogP contribution >= 0.6 is 0 Å². The second-order valence-electron chi connectivity index (χ2n) is 5.27. The lowest BCUT2D eigenvalue weighted by Crippen LogP contribution is -2.29. The van der Waals surface area contributed by atoms with E-state index in [2.05, 4.69) is 15.8 Å². The van der Waals surface area contributed by atoms with Crippen LogP contribution in [0, 0.1) is 0 Å². The van der Waals surface area contributed by atoms with Crippen molar-refractivity contribution in [2.24, 2.45) is 5.10 Å². The van der Waals surface area contributed by atoms with Crippen LogP contribution in [0.25, 0.3) is 0 Å². The number of rotatable bonds is 8. The van der Waals surface area contributed by atoms with E-state index in [1.54, 1.807) is 44.6 Å².